The second-order valence-electron chi connectivity index (χ2n) is 7.03. The zero-order valence-electron chi connectivity index (χ0n) is 16.4. The van der Waals surface area contributed by atoms with Gasteiger partial charge < -0.3 is 15.4 Å². The van der Waals surface area contributed by atoms with Gasteiger partial charge in [0.1, 0.15) is 11.6 Å². The lowest BCUT2D eigenvalue weighted by molar-refractivity contribution is 0.414. The van der Waals surface area contributed by atoms with Crippen LogP contribution in [-0.4, -0.2) is 30.2 Å². The number of hydrogen-bond acceptors (Lipinski definition) is 5. The van der Waals surface area contributed by atoms with Crippen molar-refractivity contribution in [2.75, 3.05) is 30.8 Å². The fourth-order valence-corrected chi connectivity index (χ4v) is 3.37. The van der Waals surface area contributed by atoms with Crippen molar-refractivity contribution in [3.8, 4) is 5.75 Å². The fourth-order valence-electron chi connectivity index (χ4n) is 3.37. The van der Waals surface area contributed by atoms with Crippen LogP contribution in [0.3, 0.4) is 0 Å². The van der Waals surface area contributed by atoms with E-state index in [2.05, 4.69) is 38.8 Å². The first-order valence-corrected chi connectivity index (χ1v) is 9.87. The minimum Gasteiger partial charge on any atom is -0.497 e. The lowest BCUT2D eigenvalue weighted by Gasteiger charge is -2.14. The van der Waals surface area contributed by atoms with Gasteiger partial charge in [-0.25, -0.2) is 4.98 Å². The molecule has 5 nitrogen and oxygen atoms in total. The van der Waals surface area contributed by atoms with Crippen molar-refractivity contribution < 1.29 is 4.74 Å². The Kier molecular flexibility index (Phi) is 7.08. The summed E-state index contributed by atoms with van der Waals surface area (Å²) in [5.41, 5.74) is 3.78. The van der Waals surface area contributed by atoms with Gasteiger partial charge in [-0.3, -0.25) is 0 Å². The maximum atomic E-state index is 5.27. The third-order valence-corrected chi connectivity index (χ3v) is 4.82. The van der Waals surface area contributed by atoms with Gasteiger partial charge in [0.15, 0.2) is 0 Å². The maximum Gasteiger partial charge on any atom is 0.224 e. The third kappa shape index (κ3) is 6.27. The highest BCUT2D eigenvalue weighted by Crippen LogP contribution is 2.20. The molecule has 3 rings (SSSR count). The standard InChI is InChI=1S/C22H30N4O/c1-17-15-21(23-13-11-18-7-4-3-5-8-18)26-22(25-17)24-14-12-19-9-6-10-20(16-19)27-2/h6-7,9-10,15-16H,3-5,8,11-14H2,1-2H3,(H2,23,24,25,26). The van der Waals surface area contributed by atoms with Crippen LogP contribution in [-0.2, 0) is 6.42 Å². The number of hydrogen-bond donors (Lipinski definition) is 2. The predicted molar refractivity (Wildman–Crippen MR) is 112 cm³/mol. The van der Waals surface area contributed by atoms with Gasteiger partial charge in [0.25, 0.3) is 0 Å². The second kappa shape index (κ2) is 9.95. The molecule has 1 aliphatic rings. The average molecular weight is 367 g/mol. The summed E-state index contributed by atoms with van der Waals surface area (Å²) in [5.74, 6) is 2.46. The second-order valence-corrected chi connectivity index (χ2v) is 7.03. The van der Waals surface area contributed by atoms with Crippen LogP contribution in [0.5, 0.6) is 5.75 Å². The predicted octanol–water partition coefficient (Wildman–Crippen LogP) is 4.75. The Labute approximate surface area is 162 Å². The van der Waals surface area contributed by atoms with Crippen LogP contribution in [0.25, 0.3) is 0 Å². The van der Waals surface area contributed by atoms with Crippen molar-refractivity contribution in [1.29, 1.82) is 0 Å². The van der Waals surface area contributed by atoms with Gasteiger partial charge in [-0.05, 0) is 63.1 Å². The Morgan fingerprint density at radius 1 is 1.04 bits per heavy atom. The lowest BCUT2D eigenvalue weighted by Crippen LogP contribution is -2.11. The van der Waals surface area contributed by atoms with Crippen molar-refractivity contribution in [3.63, 3.8) is 0 Å². The summed E-state index contributed by atoms with van der Waals surface area (Å²) >= 11 is 0. The average Bonchev–Trinajstić information content (AvgIpc) is 2.69. The molecule has 1 aliphatic carbocycles. The molecule has 0 radical (unpaired) electrons. The number of methoxy groups -OCH3 is 1. The fraction of sp³-hybridized carbons (Fsp3) is 0.455. The van der Waals surface area contributed by atoms with Gasteiger partial charge in [0.05, 0.1) is 7.11 Å². The van der Waals surface area contributed by atoms with Gasteiger partial charge in [0.2, 0.25) is 5.95 Å². The zero-order valence-corrected chi connectivity index (χ0v) is 16.4. The molecule has 0 aliphatic heterocycles. The number of ether oxygens (including phenoxy) is 1. The Morgan fingerprint density at radius 2 is 1.93 bits per heavy atom. The first-order chi connectivity index (χ1) is 13.2. The molecule has 0 saturated heterocycles. The van der Waals surface area contributed by atoms with Crippen LogP contribution in [0.15, 0.2) is 42.0 Å². The number of nitrogens with one attached hydrogen (secondary N) is 2. The molecule has 5 heteroatoms. The molecule has 0 saturated carbocycles. The zero-order chi connectivity index (χ0) is 18.9. The number of aryl methyl sites for hydroxylation is 1. The van der Waals surface area contributed by atoms with Gasteiger partial charge in [-0.2, -0.15) is 4.98 Å². The highest BCUT2D eigenvalue weighted by molar-refractivity contribution is 5.42. The molecule has 0 amide bonds. The highest BCUT2D eigenvalue weighted by Gasteiger charge is 2.05. The van der Waals surface area contributed by atoms with E-state index in [-0.39, 0.29) is 0 Å². The molecule has 144 valence electrons. The van der Waals surface area contributed by atoms with Gasteiger partial charge in [-0.1, -0.05) is 23.8 Å². The van der Waals surface area contributed by atoms with E-state index in [1.807, 2.05) is 25.1 Å². The Bertz CT molecular complexity index is 773. The van der Waals surface area contributed by atoms with Crippen LogP contribution in [0.2, 0.25) is 0 Å². The number of aromatic nitrogens is 2. The third-order valence-electron chi connectivity index (χ3n) is 4.82. The van der Waals surface area contributed by atoms with Crippen LogP contribution in [0, 0.1) is 6.92 Å². The van der Waals surface area contributed by atoms with Crippen LogP contribution < -0.4 is 15.4 Å². The van der Waals surface area contributed by atoms with Crippen molar-refractivity contribution in [2.24, 2.45) is 0 Å². The summed E-state index contributed by atoms with van der Waals surface area (Å²) in [6.07, 6.45) is 9.56. The molecule has 0 atom stereocenters. The SMILES string of the molecule is COc1cccc(CCNc2nc(C)cc(NCCC3=CCCCC3)n2)c1. The molecular formula is C22H30N4O. The van der Waals surface area contributed by atoms with Crippen molar-refractivity contribution >= 4 is 11.8 Å². The largest absolute Gasteiger partial charge is 0.497 e. The molecule has 0 unspecified atom stereocenters. The van der Waals surface area contributed by atoms with Crippen LogP contribution in [0.1, 0.15) is 43.4 Å². The summed E-state index contributed by atoms with van der Waals surface area (Å²) in [6, 6.07) is 10.1. The minimum absolute atomic E-state index is 0.678. The normalized spacial score (nSPS) is 13.8. The van der Waals surface area contributed by atoms with Gasteiger partial charge in [0, 0.05) is 24.8 Å². The summed E-state index contributed by atoms with van der Waals surface area (Å²) in [6.45, 7) is 3.71. The molecule has 2 aromatic rings. The van der Waals surface area contributed by atoms with Crippen LogP contribution in [0.4, 0.5) is 11.8 Å². The van der Waals surface area contributed by atoms with E-state index in [4.69, 9.17) is 4.74 Å². The maximum absolute atomic E-state index is 5.27. The number of rotatable bonds is 9. The van der Waals surface area contributed by atoms with Crippen molar-refractivity contribution in [3.05, 3.63) is 53.2 Å². The quantitative estimate of drug-likeness (QED) is 0.627. The Balaban J connectivity index is 1.49. The molecule has 1 heterocycles. The summed E-state index contributed by atoms with van der Waals surface area (Å²) in [7, 11) is 1.69. The van der Waals surface area contributed by atoms with Gasteiger partial charge in [-0.15, -0.1) is 0 Å². The highest BCUT2D eigenvalue weighted by atomic mass is 16.5. The number of nitrogens with zero attached hydrogens (tertiary/aromatic N) is 2. The van der Waals surface area contributed by atoms with Crippen molar-refractivity contribution in [1.82, 2.24) is 9.97 Å². The topological polar surface area (TPSA) is 59.1 Å². The molecule has 1 aromatic heterocycles. The van der Waals surface area contributed by atoms with Crippen LogP contribution >= 0.6 is 0 Å². The molecule has 0 fully saturated rings. The molecule has 27 heavy (non-hydrogen) atoms. The number of anilines is 2. The molecule has 1 aromatic carbocycles. The molecular weight excluding hydrogens is 336 g/mol. The number of allylic oxidation sites excluding steroid dienone is 1. The minimum atomic E-state index is 0.678. The summed E-state index contributed by atoms with van der Waals surface area (Å²) < 4.78 is 5.27. The Hall–Kier alpha value is -2.56. The van der Waals surface area contributed by atoms with E-state index in [0.717, 1.165) is 43.2 Å². The summed E-state index contributed by atoms with van der Waals surface area (Å²) in [5, 5.41) is 6.79. The monoisotopic (exact) mass is 366 g/mol. The summed E-state index contributed by atoms with van der Waals surface area (Å²) in [4.78, 5) is 9.10. The molecule has 2 N–H and O–H groups in total. The van der Waals surface area contributed by atoms with E-state index >= 15 is 0 Å². The van der Waals surface area contributed by atoms with Gasteiger partial charge >= 0.3 is 0 Å². The number of benzene rings is 1. The van der Waals surface area contributed by atoms with E-state index in [1.165, 1.54) is 31.2 Å². The smallest absolute Gasteiger partial charge is 0.224 e. The first kappa shape index (κ1) is 19.2. The first-order valence-electron chi connectivity index (χ1n) is 9.87. The molecule has 0 spiro atoms. The van der Waals surface area contributed by atoms with E-state index in [0.29, 0.717) is 5.95 Å². The van der Waals surface area contributed by atoms with Crippen molar-refractivity contribution in [2.45, 2.75) is 45.4 Å². The van der Waals surface area contributed by atoms with E-state index < -0.39 is 0 Å². The lowest BCUT2D eigenvalue weighted by atomic mass is 9.97. The Morgan fingerprint density at radius 3 is 2.74 bits per heavy atom. The molecule has 0 bridgehead atoms. The van der Waals surface area contributed by atoms with E-state index in [1.54, 1.807) is 12.7 Å². The van der Waals surface area contributed by atoms with E-state index in [9.17, 15) is 0 Å².